The summed E-state index contributed by atoms with van der Waals surface area (Å²) in [5.74, 6) is 0.611. The summed E-state index contributed by atoms with van der Waals surface area (Å²) in [6, 6.07) is 22.0. The SMILES string of the molecule is CCCCCOc1ccc(/C=C(/C(=O)NCc2ccc(C(N)=O)cc2)c2ccccc2)cc1OC. The van der Waals surface area contributed by atoms with Crippen molar-refractivity contribution in [2.75, 3.05) is 13.7 Å². The molecule has 0 aromatic heterocycles. The number of hydrogen-bond acceptors (Lipinski definition) is 4. The molecule has 3 aromatic carbocycles. The number of unbranched alkanes of at least 4 members (excludes halogenated alkanes) is 2. The highest BCUT2D eigenvalue weighted by molar-refractivity contribution is 6.24. The number of hydrogen-bond donors (Lipinski definition) is 2. The van der Waals surface area contributed by atoms with Gasteiger partial charge in [-0.05, 0) is 53.5 Å². The Labute approximate surface area is 206 Å². The minimum atomic E-state index is -0.484. The van der Waals surface area contributed by atoms with Gasteiger partial charge in [0, 0.05) is 17.7 Å². The van der Waals surface area contributed by atoms with E-state index in [9.17, 15) is 9.59 Å². The smallest absolute Gasteiger partial charge is 0.252 e. The number of benzene rings is 3. The van der Waals surface area contributed by atoms with Crippen molar-refractivity contribution >= 4 is 23.5 Å². The van der Waals surface area contributed by atoms with Crippen LogP contribution in [0.5, 0.6) is 11.5 Å². The van der Waals surface area contributed by atoms with Crippen molar-refractivity contribution in [2.24, 2.45) is 5.73 Å². The van der Waals surface area contributed by atoms with E-state index in [4.69, 9.17) is 15.2 Å². The van der Waals surface area contributed by atoms with Crippen molar-refractivity contribution in [2.45, 2.75) is 32.7 Å². The van der Waals surface area contributed by atoms with E-state index < -0.39 is 5.91 Å². The fourth-order valence-corrected chi connectivity index (χ4v) is 3.56. The van der Waals surface area contributed by atoms with Gasteiger partial charge in [-0.2, -0.15) is 0 Å². The molecule has 6 heteroatoms. The summed E-state index contributed by atoms with van der Waals surface area (Å²) >= 11 is 0. The Balaban J connectivity index is 1.80. The number of rotatable bonds is 12. The summed E-state index contributed by atoms with van der Waals surface area (Å²) in [6.45, 7) is 3.11. The number of nitrogens with one attached hydrogen (secondary N) is 1. The maximum atomic E-state index is 13.2. The molecule has 0 fully saturated rings. The fourth-order valence-electron chi connectivity index (χ4n) is 3.56. The lowest BCUT2D eigenvalue weighted by molar-refractivity contribution is -0.115. The van der Waals surface area contributed by atoms with E-state index in [-0.39, 0.29) is 5.91 Å². The highest BCUT2D eigenvalue weighted by atomic mass is 16.5. The zero-order valence-electron chi connectivity index (χ0n) is 20.3. The molecule has 0 bridgehead atoms. The van der Waals surface area contributed by atoms with Crippen LogP contribution in [-0.4, -0.2) is 25.5 Å². The second-order valence-corrected chi connectivity index (χ2v) is 8.13. The number of carbonyl (C=O) groups is 2. The van der Waals surface area contributed by atoms with E-state index in [0.29, 0.717) is 35.8 Å². The molecule has 0 atom stereocenters. The number of methoxy groups -OCH3 is 1. The summed E-state index contributed by atoms with van der Waals surface area (Å²) in [7, 11) is 1.61. The zero-order valence-corrected chi connectivity index (χ0v) is 20.3. The number of nitrogens with two attached hydrogens (primary N) is 1. The van der Waals surface area contributed by atoms with Crippen molar-refractivity contribution in [3.63, 3.8) is 0 Å². The third-order valence-corrected chi connectivity index (χ3v) is 5.53. The fraction of sp³-hybridized carbons (Fsp3) is 0.241. The lowest BCUT2D eigenvalue weighted by atomic mass is 10.0. The Morgan fingerprint density at radius 1 is 0.914 bits per heavy atom. The molecule has 6 nitrogen and oxygen atoms in total. The average Bonchev–Trinajstić information content (AvgIpc) is 2.89. The topological polar surface area (TPSA) is 90.6 Å². The van der Waals surface area contributed by atoms with Crippen LogP contribution in [0.2, 0.25) is 0 Å². The molecule has 0 saturated carbocycles. The van der Waals surface area contributed by atoms with Gasteiger partial charge in [0.15, 0.2) is 11.5 Å². The van der Waals surface area contributed by atoms with E-state index >= 15 is 0 Å². The van der Waals surface area contributed by atoms with Crippen molar-refractivity contribution < 1.29 is 19.1 Å². The zero-order chi connectivity index (χ0) is 25.0. The van der Waals surface area contributed by atoms with E-state index in [2.05, 4.69) is 12.2 Å². The average molecular weight is 473 g/mol. The standard InChI is InChI=1S/C29H32N2O4/c1-3-4-8-17-35-26-16-13-22(19-27(26)34-2)18-25(23-9-6-5-7-10-23)29(33)31-20-21-11-14-24(15-12-21)28(30)32/h5-7,9-16,18-19H,3-4,8,17,20H2,1-2H3,(H2,30,32)(H,31,33)/b25-18+. The molecule has 3 aromatic rings. The minimum absolute atomic E-state index is 0.214. The Kier molecular flexibility index (Phi) is 9.49. The van der Waals surface area contributed by atoms with Gasteiger partial charge in [-0.15, -0.1) is 0 Å². The molecular formula is C29H32N2O4. The predicted molar refractivity (Wildman–Crippen MR) is 139 cm³/mol. The molecule has 0 unspecified atom stereocenters. The minimum Gasteiger partial charge on any atom is -0.493 e. The molecule has 3 rings (SSSR count). The van der Waals surface area contributed by atoms with Crippen LogP contribution in [0.3, 0.4) is 0 Å². The number of amides is 2. The van der Waals surface area contributed by atoms with Gasteiger partial charge in [0.2, 0.25) is 5.91 Å². The molecule has 0 aliphatic rings. The van der Waals surface area contributed by atoms with Crippen molar-refractivity contribution in [1.29, 1.82) is 0 Å². The van der Waals surface area contributed by atoms with Crippen LogP contribution in [0.4, 0.5) is 0 Å². The Morgan fingerprint density at radius 3 is 2.31 bits per heavy atom. The second kappa shape index (κ2) is 13.0. The summed E-state index contributed by atoms with van der Waals surface area (Å²) in [5, 5.41) is 2.97. The van der Waals surface area contributed by atoms with Crippen LogP contribution < -0.4 is 20.5 Å². The maximum Gasteiger partial charge on any atom is 0.252 e. The van der Waals surface area contributed by atoms with Crippen molar-refractivity contribution in [3.8, 4) is 11.5 Å². The summed E-state index contributed by atoms with van der Waals surface area (Å²) < 4.78 is 11.4. The first-order valence-corrected chi connectivity index (χ1v) is 11.8. The van der Waals surface area contributed by atoms with Crippen molar-refractivity contribution in [3.05, 3.63) is 95.1 Å². The molecule has 182 valence electrons. The van der Waals surface area contributed by atoms with Gasteiger partial charge in [-0.25, -0.2) is 0 Å². The van der Waals surface area contributed by atoms with Gasteiger partial charge in [-0.1, -0.05) is 68.3 Å². The molecule has 2 amide bonds. The van der Waals surface area contributed by atoms with Crippen LogP contribution in [-0.2, 0) is 11.3 Å². The summed E-state index contributed by atoms with van der Waals surface area (Å²) in [6.07, 6.45) is 5.08. The van der Waals surface area contributed by atoms with E-state index in [1.54, 1.807) is 31.4 Å². The summed E-state index contributed by atoms with van der Waals surface area (Å²) in [4.78, 5) is 24.5. The molecule has 3 N–H and O–H groups in total. The third kappa shape index (κ3) is 7.47. The number of ether oxygens (including phenoxy) is 2. The van der Waals surface area contributed by atoms with Gasteiger partial charge in [0.05, 0.1) is 13.7 Å². The molecule has 0 radical (unpaired) electrons. The molecule has 35 heavy (non-hydrogen) atoms. The lowest BCUT2D eigenvalue weighted by Gasteiger charge is -2.13. The van der Waals surface area contributed by atoms with Crippen LogP contribution in [0.1, 0.15) is 53.2 Å². The predicted octanol–water partition coefficient (Wildman–Crippen LogP) is 5.22. The quantitative estimate of drug-likeness (QED) is 0.215. The second-order valence-electron chi connectivity index (χ2n) is 8.13. The van der Waals surface area contributed by atoms with Crippen LogP contribution in [0, 0.1) is 0 Å². The maximum absolute atomic E-state index is 13.2. The Hall–Kier alpha value is -4.06. The normalized spacial score (nSPS) is 11.1. The molecule has 0 saturated heterocycles. The first kappa shape index (κ1) is 25.6. The lowest BCUT2D eigenvalue weighted by Crippen LogP contribution is -2.24. The summed E-state index contributed by atoms with van der Waals surface area (Å²) in [5.41, 5.74) is 8.73. The largest absolute Gasteiger partial charge is 0.493 e. The van der Waals surface area contributed by atoms with E-state index in [1.165, 1.54) is 0 Å². The molecule has 0 aliphatic carbocycles. The van der Waals surface area contributed by atoms with Gasteiger partial charge in [-0.3, -0.25) is 9.59 Å². The Morgan fingerprint density at radius 2 is 1.66 bits per heavy atom. The van der Waals surface area contributed by atoms with Crippen molar-refractivity contribution in [1.82, 2.24) is 5.32 Å². The van der Waals surface area contributed by atoms with Crippen LogP contribution >= 0.6 is 0 Å². The number of carbonyl (C=O) groups excluding carboxylic acids is 2. The van der Waals surface area contributed by atoms with Gasteiger partial charge in [0.1, 0.15) is 0 Å². The van der Waals surface area contributed by atoms with E-state index in [0.717, 1.165) is 36.0 Å². The van der Waals surface area contributed by atoms with E-state index in [1.807, 2.05) is 54.6 Å². The van der Waals surface area contributed by atoms with Gasteiger partial charge in [0.25, 0.3) is 5.91 Å². The number of primary amides is 1. The Bertz CT molecular complexity index is 1160. The highest BCUT2D eigenvalue weighted by Crippen LogP contribution is 2.30. The highest BCUT2D eigenvalue weighted by Gasteiger charge is 2.13. The van der Waals surface area contributed by atoms with Crippen LogP contribution in [0.25, 0.3) is 11.6 Å². The molecular weight excluding hydrogens is 440 g/mol. The molecule has 0 spiro atoms. The third-order valence-electron chi connectivity index (χ3n) is 5.53. The monoisotopic (exact) mass is 472 g/mol. The molecule has 0 aliphatic heterocycles. The molecule has 0 heterocycles. The van der Waals surface area contributed by atoms with Crippen LogP contribution in [0.15, 0.2) is 72.8 Å². The van der Waals surface area contributed by atoms with Gasteiger partial charge >= 0.3 is 0 Å². The first-order valence-electron chi connectivity index (χ1n) is 11.8. The van der Waals surface area contributed by atoms with Gasteiger partial charge < -0.3 is 20.5 Å². The first-order chi connectivity index (χ1) is 17.0.